The Labute approximate surface area is 83.8 Å². The molecule has 0 saturated heterocycles. The standard InChI is InChI=1S/C6H10FN.C2HF3O2/c7-6-2-1-4-8-5-3-6;3-2(4,5)1(6)7/h3,8H,1-2,4-5H2;(H,6,7). The largest absolute Gasteiger partial charge is 0.490 e. The lowest BCUT2D eigenvalue weighted by Gasteiger charge is -1.93. The van der Waals surface area contributed by atoms with Crippen LogP contribution < -0.4 is 5.32 Å². The summed E-state index contributed by atoms with van der Waals surface area (Å²) in [7, 11) is 0. The lowest BCUT2D eigenvalue weighted by atomic mass is 10.3. The first-order chi connectivity index (χ1) is 6.84. The van der Waals surface area contributed by atoms with Crippen molar-refractivity contribution in [3.8, 4) is 0 Å². The van der Waals surface area contributed by atoms with Gasteiger partial charge in [0.15, 0.2) is 0 Å². The summed E-state index contributed by atoms with van der Waals surface area (Å²) in [5.74, 6) is -2.72. The van der Waals surface area contributed by atoms with Crippen LogP contribution in [0.3, 0.4) is 0 Å². The minimum atomic E-state index is -5.08. The molecule has 1 rings (SSSR count). The molecular weight excluding hydrogens is 218 g/mol. The highest BCUT2D eigenvalue weighted by molar-refractivity contribution is 5.73. The minimum absolute atomic E-state index is 0.0370. The van der Waals surface area contributed by atoms with Gasteiger partial charge in [-0.1, -0.05) is 0 Å². The van der Waals surface area contributed by atoms with Crippen molar-refractivity contribution in [3.63, 3.8) is 0 Å². The molecule has 2 N–H and O–H groups in total. The van der Waals surface area contributed by atoms with Gasteiger partial charge in [-0.2, -0.15) is 13.2 Å². The van der Waals surface area contributed by atoms with Gasteiger partial charge in [-0.3, -0.25) is 0 Å². The van der Waals surface area contributed by atoms with E-state index in [-0.39, 0.29) is 5.83 Å². The summed E-state index contributed by atoms with van der Waals surface area (Å²) in [6.07, 6.45) is -1.93. The zero-order chi connectivity index (χ0) is 11.9. The van der Waals surface area contributed by atoms with Gasteiger partial charge in [0.2, 0.25) is 0 Å². The molecule has 0 aliphatic carbocycles. The number of rotatable bonds is 0. The predicted molar refractivity (Wildman–Crippen MR) is 45.0 cm³/mol. The van der Waals surface area contributed by atoms with Crippen LogP contribution in [-0.2, 0) is 4.79 Å². The van der Waals surface area contributed by atoms with Crippen LogP contribution in [0.25, 0.3) is 0 Å². The molecular formula is C8H11F4NO2. The van der Waals surface area contributed by atoms with Gasteiger partial charge < -0.3 is 10.4 Å². The molecule has 88 valence electrons. The maximum Gasteiger partial charge on any atom is 0.490 e. The molecule has 0 radical (unpaired) electrons. The van der Waals surface area contributed by atoms with Gasteiger partial charge >= 0.3 is 12.1 Å². The van der Waals surface area contributed by atoms with Crippen molar-refractivity contribution < 1.29 is 27.5 Å². The zero-order valence-corrected chi connectivity index (χ0v) is 7.77. The van der Waals surface area contributed by atoms with Crippen LogP contribution in [0, 0.1) is 0 Å². The molecule has 0 spiro atoms. The van der Waals surface area contributed by atoms with Crippen LogP contribution in [0.1, 0.15) is 12.8 Å². The number of nitrogens with one attached hydrogen (secondary N) is 1. The third-order valence-corrected chi connectivity index (χ3v) is 1.48. The summed E-state index contributed by atoms with van der Waals surface area (Å²) in [6, 6.07) is 0. The molecule has 1 aliphatic rings. The van der Waals surface area contributed by atoms with Gasteiger partial charge in [0.05, 0.1) is 5.83 Å². The van der Waals surface area contributed by atoms with Crippen molar-refractivity contribution in [2.24, 2.45) is 0 Å². The number of aliphatic carboxylic acids is 1. The van der Waals surface area contributed by atoms with E-state index in [4.69, 9.17) is 9.90 Å². The number of hydrogen-bond acceptors (Lipinski definition) is 2. The van der Waals surface area contributed by atoms with Crippen molar-refractivity contribution in [2.45, 2.75) is 19.0 Å². The van der Waals surface area contributed by atoms with E-state index in [2.05, 4.69) is 5.32 Å². The van der Waals surface area contributed by atoms with Crippen LogP contribution in [0.5, 0.6) is 0 Å². The lowest BCUT2D eigenvalue weighted by molar-refractivity contribution is -0.192. The fraction of sp³-hybridized carbons (Fsp3) is 0.625. The van der Waals surface area contributed by atoms with Crippen molar-refractivity contribution in [1.29, 1.82) is 0 Å². The SMILES string of the molecule is FC1=CCNCCC1.O=C(O)C(F)(F)F. The molecule has 0 amide bonds. The highest BCUT2D eigenvalue weighted by Crippen LogP contribution is 2.13. The van der Waals surface area contributed by atoms with Crippen molar-refractivity contribution in [2.75, 3.05) is 13.1 Å². The number of carbonyl (C=O) groups is 1. The molecule has 0 unspecified atom stereocenters. The summed E-state index contributed by atoms with van der Waals surface area (Å²) >= 11 is 0. The molecule has 0 aromatic carbocycles. The Morgan fingerprint density at radius 3 is 2.47 bits per heavy atom. The molecule has 1 heterocycles. The average Bonchev–Trinajstić information content (AvgIpc) is 2.32. The van der Waals surface area contributed by atoms with E-state index in [0.717, 1.165) is 13.0 Å². The fourth-order valence-electron chi connectivity index (χ4n) is 0.769. The normalized spacial score (nSPS) is 16.9. The molecule has 15 heavy (non-hydrogen) atoms. The Morgan fingerprint density at radius 2 is 2.00 bits per heavy atom. The molecule has 0 aromatic heterocycles. The topological polar surface area (TPSA) is 49.3 Å². The first-order valence-corrected chi connectivity index (χ1v) is 4.19. The molecule has 0 fully saturated rings. The minimum Gasteiger partial charge on any atom is -0.475 e. The van der Waals surface area contributed by atoms with E-state index < -0.39 is 12.1 Å². The van der Waals surface area contributed by atoms with Gasteiger partial charge in [-0.15, -0.1) is 0 Å². The zero-order valence-electron chi connectivity index (χ0n) is 7.77. The maximum atomic E-state index is 12.3. The van der Waals surface area contributed by atoms with Gasteiger partial charge in [0.1, 0.15) is 0 Å². The van der Waals surface area contributed by atoms with Gasteiger partial charge in [0.25, 0.3) is 0 Å². The second-order valence-electron chi connectivity index (χ2n) is 2.76. The van der Waals surface area contributed by atoms with E-state index in [1.807, 2.05) is 0 Å². The monoisotopic (exact) mass is 229 g/mol. The van der Waals surface area contributed by atoms with E-state index in [1.54, 1.807) is 6.08 Å². The second kappa shape index (κ2) is 6.39. The quantitative estimate of drug-likeness (QED) is 0.623. The van der Waals surface area contributed by atoms with Crippen molar-refractivity contribution in [3.05, 3.63) is 11.9 Å². The van der Waals surface area contributed by atoms with Crippen molar-refractivity contribution in [1.82, 2.24) is 5.32 Å². The molecule has 7 heteroatoms. The second-order valence-corrected chi connectivity index (χ2v) is 2.76. The molecule has 0 bridgehead atoms. The number of hydrogen-bond donors (Lipinski definition) is 2. The first kappa shape index (κ1) is 13.9. The first-order valence-electron chi connectivity index (χ1n) is 4.19. The summed E-state index contributed by atoms with van der Waals surface area (Å²) in [5, 5.41) is 10.2. The highest BCUT2D eigenvalue weighted by Gasteiger charge is 2.38. The number of carboxylic acids is 1. The molecule has 0 saturated carbocycles. The van der Waals surface area contributed by atoms with Gasteiger partial charge in [0, 0.05) is 13.0 Å². The smallest absolute Gasteiger partial charge is 0.475 e. The Hall–Kier alpha value is -1.11. The Kier molecular flexibility index (Phi) is 5.92. The van der Waals surface area contributed by atoms with Crippen LogP contribution >= 0.6 is 0 Å². The molecule has 0 aromatic rings. The summed E-state index contributed by atoms with van der Waals surface area (Å²) in [5.41, 5.74) is 0. The summed E-state index contributed by atoms with van der Waals surface area (Å²) < 4.78 is 44.0. The summed E-state index contributed by atoms with van der Waals surface area (Å²) in [4.78, 5) is 8.90. The van der Waals surface area contributed by atoms with Crippen LogP contribution in [0.2, 0.25) is 0 Å². The van der Waals surface area contributed by atoms with E-state index in [0.29, 0.717) is 13.0 Å². The van der Waals surface area contributed by atoms with Crippen LogP contribution in [0.4, 0.5) is 17.6 Å². The maximum absolute atomic E-state index is 12.3. The van der Waals surface area contributed by atoms with Gasteiger partial charge in [-0.25, -0.2) is 9.18 Å². The lowest BCUT2D eigenvalue weighted by Crippen LogP contribution is -2.21. The molecule has 1 aliphatic heterocycles. The number of carboxylic acid groups (broad SMARTS) is 1. The molecule has 3 nitrogen and oxygen atoms in total. The van der Waals surface area contributed by atoms with Crippen LogP contribution in [-0.4, -0.2) is 30.3 Å². The third-order valence-electron chi connectivity index (χ3n) is 1.48. The number of alkyl halides is 3. The van der Waals surface area contributed by atoms with E-state index in [9.17, 15) is 17.6 Å². The van der Waals surface area contributed by atoms with Crippen molar-refractivity contribution >= 4 is 5.97 Å². The number of halogens is 4. The third kappa shape index (κ3) is 7.92. The predicted octanol–water partition coefficient (Wildman–Crippen LogP) is 1.86. The summed E-state index contributed by atoms with van der Waals surface area (Å²) in [6.45, 7) is 1.65. The highest BCUT2D eigenvalue weighted by atomic mass is 19.4. The van der Waals surface area contributed by atoms with Crippen LogP contribution in [0.15, 0.2) is 11.9 Å². The molecule has 0 atom stereocenters. The Balaban J connectivity index is 0.000000265. The van der Waals surface area contributed by atoms with Gasteiger partial charge in [-0.05, 0) is 19.0 Å². The van der Waals surface area contributed by atoms with E-state index >= 15 is 0 Å². The Morgan fingerprint density at radius 1 is 1.47 bits per heavy atom. The average molecular weight is 229 g/mol. The fourth-order valence-corrected chi connectivity index (χ4v) is 0.769. The Bertz CT molecular complexity index is 237. The number of allylic oxidation sites excluding steroid dienone is 1. The van der Waals surface area contributed by atoms with E-state index in [1.165, 1.54) is 0 Å².